The third-order valence-corrected chi connectivity index (χ3v) is 3.49. The average Bonchev–Trinajstić information content (AvgIpc) is 2.12. The van der Waals surface area contributed by atoms with Gasteiger partial charge in [0, 0.05) is 19.1 Å². The molecule has 0 amide bonds. The Hall–Kier alpha value is -0.0800. The van der Waals surface area contributed by atoms with Gasteiger partial charge in [0.2, 0.25) is 0 Å². The van der Waals surface area contributed by atoms with Gasteiger partial charge in [-0.15, -0.1) is 0 Å². The van der Waals surface area contributed by atoms with Gasteiger partial charge in [-0.25, -0.2) is 0 Å². The molecule has 0 saturated heterocycles. The summed E-state index contributed by atoms with van der Waals surface area (Å²) < 4.78 is 0. The predicted molar refractivity (Wildman–Crippen MR) is 62.5 cm³/mol. The minimum atomic E-state index is 0.821. The molecular weight excluding hydrogens is 172 g/mol. The van der Waals surface area contributed by atoms with Gasteiger partial charge in [0.1, 0.15) is 0 Å². The van der Waals surface area contributed by atoms with Crippen molar-refractivity contribution in [1.29, 1.82) is 0 Å². The Balaban J connectivity index is 2.34. The first kappa shape index (κ1) is 12.0. The fraction of sp³-hybridized carbons (Fsp3) is 1.00. The molecule has 14 heavy (non-hydrogen) atoms. The molecular formula is C12H26N2. The Morgan fingerprint density at radius 2 is 1.71 bits per heavy atom. The largest absolute Gasteiger partial charge is 0.318 e. The lowest BCUT2D eigenvalue weighted by Crippen LogP contribution is -2.40. The van der Waals surface area contributed by atoms with Crippen LogP contribution in [0, 0.1) is 11.8 Å². The highest BCUT2D eigenvalue weighted by molar-refractivity contribution is 4.80. The number of nitrogens with zero attached hydrogens (tertiary/aromatic N) is 1. The van der Waals surface area contributed by atoms with Gasteiger partial charge < -0.3 is 10.2 Å². The summed E-state index contributed by atoms with van der Waals surface area (Å²) in [5, 5.41) is 3.22. The molecule has 0 spiro atoms. The van der Waals surface area contributed by atoms with Crippen molar-refractivity contribution in [1.82, 2.24) is 10.2 Å². The molecule has 2 unspecified atom stereocenters. The van der Waals surface area contributed by atoms with Crippen molar-refractivity contribution in [2.24, 2.45) is 11.8 Å². The summed E-state index contributed by atoms with van der Waals surface area (Å²) in [7, 11) is 4.30. The van der Waals surface area contributed by atoms with Crippen LogP contribution in [-0.4, -0.2) is 38.1 Å². The van der Waals surface area contributed by atoms with Crippen LogP contribution in [0.2, 0.25) is 0 Å². The number of nitrogens with one attached hydrogen (secondary N) is 1. The van der Waals surface area contributed by atoms with Gasteiger partial charge in [-0.3, -0.25) is 0 Å². The van der Waals surface area contributed by atoms with Crippen molar-refractivity contribution >= 4 is 0 Å². The van der Waals surface area contributed by atoms with Gasteiger partial charge in [0.15, 0.2) is 0 Å². The smallest absolute Gasteiger partial charge is 0.0107 e. The van der Waals surface area contributed by atoms with Crippen LogP contribution in [0.5, 0.6) is 0 Å². The summed E-state index contributed by atoms with van der Waals surface area (Å²) in [6.45, 7) is 7.08. The summed E-state index contributed by atoms with van der Waals surface area (Å²) in [5.74, 6) is 1.83. The third-order valence-electron chi connectivity index (χ3n) is 3.49. The lowest BCUT2D eigenvalue weighted by atomic mass is 9.80. The molecule has 0 bridgehead atoms. The predicted octanol–water partition coefficient (Wildman–Crippen LogP) is 1.96. The van der Waals surface area contributed by atoms with Crippen molar-refractivity contribution < 1.29 is 0 Å². The summed E-state index contributed by atoms with van der Waals surface area (Å²) >= 11 is 0. The van der Waals surface area contributed by atoms with Crippen molar-refractivity contribution in [2.45, 2.75) is 39.2 Å². The van der Waals surface area contributed by atoms with Gasteiger partial charge in [-0.05, 0) is 45.2 Å². The average molecular weight is 198 g/mol. The molecule has 0 aromatic carbocycles. The summed E-state index contributed by atoms with van der Waals surface area (Å²) in [6.07, 6.45) is 4.21. The van der Waals surface area contributed by atoms with Crippen LogP contribution < -0.4 is 5.32 Å². The monoisotopic (exact) mass is 198 g/mol. The Bertz CT molecular complexity index is 148. The fourth-order valence-electron chi connectivity index (χ4n) is 2.74. The van der Waals surface area contributed by atoms with Crippen molar-refractivity contribution in [3.8, 4) is 0 Å². The first-order valence-corrected chi connectivity index (χ1v) is 5.98. The van der Waals surface area contributed by atoms with E-state index in [1.807, 2.05) is 7.05 Å². The highest BCUT2D eigenvalue weighted by atomic mass is 15.1. The van der Waals surface area contributed by atoms with E-state index in [4.69, 9.17) is 0 Å². The van der Waals surface area contributed by atoms with E-state index in [0.29, 0.717) is 0 Å². The quantitative estimate of drug-likeness (QED) is 0.743. The minimum Gasteiger partial charge on any atom is -0.318 e. The lowest BCUT2D eigenvalue weighted by Gasteiger charge is -2.37. The lowest BCUT2D eigenvalue weighted by molar-refractivity contribution is 0.134. The maximum atomic E-state index is 3.22. The minimum absolute atomic E-state index is 0.821. The molecule has 1 aliphatic carbocycles. The zero-order valence-electron chi connectivity index (χ0n) is 10.2. The van der Waals surface area contributed by atoms with E-state index < -0.39 is 0 Å². The van der Waals surface area contributed by atoms with E-state index in [1.54, 1.807) is 0 Å². The third kappa shape index (κ3) is 3.58. The van der Waals surface area contributed by atoms with E-state index in [2.05, 4.69) is 31.1 Å². The number of likely N-dealkylation sites (N-methyl/N-ethyl adjacent to an activating group) is 2. The second-order valence-electron chi connectivity index (χ2n) is 5.16. The number of hydrogen-bond acceptors (Lipinski definition) is 2. The molecule has 0 aromatic heterocycles. The van der Waals surface area contributed by atoms with Gasteiger partial charge in [-0.2, -0.15) is 0 Å². The summed E-state index contributed by atoms with van der Waals surface area (Å²) in [4.78, 5) is 2.53. The molecule has 84 valence electrons. The van der Waals surface area contributed by atoms with Crippen LogP contribution in [0.15, 0.2) is 0 Å². The molecule has 0 aromatic rings. The first-order chi connectivity index (χ1) is 6.63. The van der Waals surface area contributed by atoms with E-state index >= 15 is 0 Å². The van der Waals surface area contributed by atoms with Crippen molar-refractivity contribution in [2.75, 3.05) is 27.2 Å². The zero-order chi connectivity index (χ0) is 10.6. The highest BCUT2D eigenvalue weighted by Crippen LogP contribution is 2.30. The summed E-state index contributed by atoms with van der Waals surface area (Å²) in [5.41, 5.74) is 0. The van der Waals surface area contributed by atoms with Gasteiger partial charge in [0.25, 0.3) is 0 Å². The highest BCUT2D eigenvalue weighted by Gasteiger charge is 2.26. The topological polar surface area (TPSA) is 15.3 Å². The molecule has 2 heteroatoms. The van der Waals surface area contributed by atoms with Gasteiger partial charge in [0.05, 0.1) is 0 Å². The second kappa shape index (κ2) is 5.72. The molecule has 1 fully saturated rings. The molecule has 0 heterocycles. The normalized spacial score (nSPS) is 33.6. The molecule has 1 N–H and O–H groups in total. The zero-order valence-corrected chi connectivity index (χ0v) is 10.2. The first-order valence-electron chi connectivity index (χ1n) is 5.98. The van der Waals surface area contributed by atoms with Crippen LogP contribution >= 0.6 is 0 Å². The van der Waals surface area contributed by atoms with E-state index in [-0.39, 0.29) is 0 Å². The Kier molecular flexibility index (Phi) is 4.90. The van der Waals surface area contributed by atoms with Gasteiger partial charge in [-0.1, -0.05) is 13.8 Å². The van der Waals surface area contributed by atoms with Crippen LogP contribution in [0.4, 0.5) is 0 Å². The number of rotatable bonds is 4. The SMILES string of the molecule is CNCCN(C)C1CC(C)CC(C)C1. The van der Waals surface area contributed by atoms with Crippen molar-refractivity contribution in [3.05, 3.63) is 0 Å². The molecule has 2 atom stereocenters. The van der Waals surface area contributed by atoms with Crippen LogP contribution in [0.1, 0.15) is 33.1 Å². The van der Waals surface area contributed by atoms with Crippen LogP contribution in [0.25, 0.3) is 0 Å². The Morgan fingerprint density at radius 3 is 2.21 bits per heavy atom. The van der Waals surface area contributed by atoms with Gasteiger partial charge >= 0.3 is 0 Å². The molecule has 1 aliphatic rings. The molecule has 1 rings (SSSR count). The molecule has 0 radical (unpaired) electrons. The number of hydrogen-bond donors (Lipinski definition) is 1. The second-order valence-corrected chi connectivity index (χ2v) is 5.16. The molecule has 0 aliphatic heterocycles. The fourth-order valence-corrected chi connectivity index (χ4v) is 2.74. The summed E-state index contributed by atoms with van der Waals surface area (Å²) in [6, 6.07) is 0.821. The maximum absolute atomic E-state index is 3.22. The van der Waals surface area contributed by atoms with Crippen molar-refractivity contribution in [3.63, 3.8) is 0 Å². The Labute approximate surface area is 89.1 Å². The standard InChI is InChI=1S/C12H26N2/c1-10-7-11(2)9-12(8-10)14(4)6-5-13-3/h10-13H,5-9H2,1-4H3. The molecule has 1 saturated carbocycles. The van der Waals surface area contributed by atoms with E-state index in [1.165, 1.54) is 25.8 Å². The van der Waals surface area contributed by atoms with Crippen LogP contribution in [-0.2, 0) is 0 Å². The Morgan fingerprint density at radius 1 is 1.14 bits per heavy atom. The maximum Gasteiger partial charge on any atom is 0.0107 e. The van der Waals surface area contributed by atoms with Crippen LogP contribution in [0.3, 0.4) is 0 Å². The van der Waals surface area contributed by atoms with E-state index in [0.717, 1.165) is 24.4 Å². The van der Waals surface area contributed by atoms with E-state index in [9.17, 15) is 0 Å². The molecule has 2 nitrogen and oxygen atoms in total.